The lowest BCUT2D eigenvalue weighted by Gasteiger charge is -2.26. The molecule has 3 rings (SSSR count). The molecule has 0 amide bonds. The van der Waals surface area contributed by atoms with Gasteiger partial charge in [-0.05, 0) is 61.0 Å². The Bertz CT molecular complexity index is 1290. The van der Waals surface area contributed by atoms with Crippen LogP contribution >= 0.6 is 22.9 Å². The Hall–Kier alpha value is -1.49. The van der Waals surface area contributed by atoms with Crippen molar-refractivity contribution in [3.05, 3.63) is 59.1 Å². The van der Waals surface area contributed by atoms with Crippen molar-refractivity contribution in [2.24, 2.45) is 0 Å². The van der Waals surface area contributed by atoms with Crippen molar-refractivity contribution >= 4 is 53.2 Å². The normalized spacial score (nSPS) is 13.7. The van der Waals surface area contributed by atoms with E-state index < -0.39 is 26.2 Å². The largest absolute Gasteiger partial charge is 0.297 e. The van der Waals surface area contributed by atoms with E-state index >= 15 is 0 Å². The summed E-state index contributed by atoms with van der Waals surface area (Å²) >= 11 is 7.29. The highest BCUT2D eigenvalue weighted by Gasteiger charge is 2.32. The number of aryl methyl sites for hydroxylation is 1. The maximum Gasteiger partial charge on any atom is 0.297 e. The molecule has 0 aliphatic rings. The third-order valence-electron chi connectivity index (χ3n) is 5.06. The molecule has 0 aliphatic carbocycles. The van der Waals surface area contributed by atoms with Gasteiger partial charge in [0, 0.05) is 22.8 Å². The van der Waals surface area contributed by atoms with Crippen LogP contribution in [-0.4, -0.2) is 40.3 Å². The first-order valence-corrected chi connectivity index (χ1v) is 14.3. The highest BCUT2D eigenvalue weighted by molar-refractivity contribution is 7.91. The van der Waals surface area contributed by atoms with E-state index in [0.717, 1.165) is 10.1 Å². The van der Waals surface area contributed by atoms with E-state index in [-0.39, 0.29) is 22.2 Å². The van der Waals surface area contributed by atoms with Crippen LogP contribution in [0.3, 0.4) is 0 Å². The molecular formula is C22H26ClNO5S3. The van der Waals surface area contributed by atoms with E-state index in [2.05, 4.69) is 0 Å². The van der Waals surface area contributed by atoms with Crippen molar-refractivity contribution in [3.8, 4) is 0 Å². The fourth-order valence-electron chi connectivity index (χ4n) is 3.37. The smallest absolute Gasteiger partial charge is 0.262 e. The maximum atomic E-state index is 13.6. The number of halogens is 1. The molecule has 0 bridgehead atoms. The van der Waals surface area contributed by atoms with Crippen LogP contribution in [0.5, 0.6) is 0 Å². The van der Waals surface area contributed by atoms with Gasteiger partial charge in [0.15, 0.2) is 0 Å². The number of hydrogen-bond donors (Lipinski definition) is 0. The van der Waals surface area contributed by atoms with Gasteiger partial charge in [-0.3, -0.25) is 4.18 Å². The highest BCUT2D eigenvalue weighted by Crippen LogP contribution is 2.37. The summed E-state index contributed by atoms with van der Waals surface area (Å²) in [6.07, 6.45) is 0.102. The van der Waals surface area contributed by atoms with Crippen molar-refractivity contribution < 1.29 is 21.0 Å². The van der Waals surface area contributed by atoms with Crippen LogP contribution in [0.1, 0.15) is 32.3 Å². The first-order chi connectivity index (χ1) is 15.1. The zero-order valence-corrected chi connectivity index (χ0v) is 21.3. The third-order valence-corrected chi connectivity index (χ3v) is 10.4. The summed E-state index contributed by atoms with van der Waals surface area (Å²) in [5.74, 6) is 0. The Morgan fingerprint density at radius 1 is 1.06 bits per heavy atom. The van der Waals surface area contributed by atoms with Crippen LogP contribution in [0.25, 0.3) is 10.1 Å². The second-order valence-electron chi connectivity index (χ2n) is 7.41. The highest BCUT2D eigenvalue weighted by atomic mass is 35.5. The van der Waals surface area contributed by atoms with Gasteiger partial charge in [0.05, 0.1) is 11.0 Å². The molecule has 1 unspecified atom stereocenters. The van der Waals surface area contributed by atoms with Gasteiger partial charge < -0.3 is 0 Å². The maximum absolute atomic E-state index is 13.6. The molecule has 10 heteroatoms. The van der Waals surface area contributed by atoms with E-state index in [1.807, 2.05) is 13.0 Å². The van der Waals surface area contributed by atoms with Gasteiger partial charge in [0.2, 0.25) is 0 Å². The van der Waals surface area contributed by atoms with E-state index in [1.54, 1.807) is 44.2 Å². The van der Waals surface area contributed by atoms with E-state index in [4.69, 9.17) is 15.8 Å². The van der Waals surface area contributed by atoms with Crippen molar-refractivity contribution in [1.82, 2.24) is 4.31 Å². The molecule has 1 atom stereocenters. The lowest BCUT2D eigenvalue weighted by molar-refractivity contribution is 0.172. The van der Waals surface area contributed by atoms with Gasteiger partial charge in [-0.1, -0.05) is 43.6 Å². The molecule has 0 aliphatic heterocycles. The molecule has 6 nitrogen and oxygen atoms in total. The summed E-state index contributed by atoms with van der Waals surface area (Å²) < 4.78 is 60.3. The van der Waals surface area contributed by atoms with Gasteiger partial charge in [0.25, 0.3) is 20.1 Å². The van der Waals surface area contributed by atoms with Crippen molar-refractivity contribution in [3.63, 3.8) is 0 Å². The number of thiophene rings is 1. The average molecular weight is 516 g/mol. The topological polar surface area (TPSA) is 80.8 Å². The molecule has 1 aromatic heterocycles. The lowest BCUT2D eigenvalue weighted by atomic mass is 10.2. The van der Waals surface area contributed by atoms with Crippen molar-refractivity contribution in [1.29, 1.82) is 0 Å². The van der Waals surface area contributed by atoms with Crippen molar-refractivity contribution in [2.75, 3.05) is 13.1 Å². The summed E-state index contributed by atoms with van der Waals surface area (Å²) in [6.45, 7) is 5.60. The van der Waals surface area contributed by atoms with Crippen LogP contribution in [0, 0.1) is 6.92 Å². The summed E-state index contributed by atoms with van der Waals surface area (Å²) in [5, 5.41) is 1.34. The molecule has 2 aromatic carbocycles. The predicted octanol–water partition coefficient (Wildman–Crippen LogP) is 5.45. The van der Waals surface area contributed by atoms with Gasteiger partial charge in [-0.25, -0.2) is 8.42 Å². The molecule has 0 N–H and O–H groups in total. The van der Waals surface area contributed by atoms with Gasteiger partial charge >= 0.3 is 0 Å². The Kier molecular flexibility index (Phi) is 8.01. The molecule has 0 saturated heterocycles. The van der Waals surface area contributed by atoms with Crippen molar-refractivity contribution in [2.45, 2.75) is 48.8 Å². The van der Waals surface area contributed by atoms with E-state index in [9.17, 15) is 16.8 Å². The Morgan fingerprint density at radius 2 is 1.75 bits per heavy atom. The number of nitrogens with zero attached hydrogens (tertiary/aromatic N) is 1. The second kappa shape index (κ2) is 10.2. The first-order valence-electron chi connectivity index (χ1n) is 10.3. The van der Waals surface area contributed by atoms with Gasteiger partial charge in [-0.2, -0.15) is 12.7 Å². The number of benzene rings is 2. The summed E-state index contributed by atoms with van der Waals surface area (Å²) in [6, 6.07) is 13.1. The third kappa shape index (κ3) is 5.35. The van der Waals surface area contributed by atoms with Crippen LogP contribution in [0.2, 0.25) is 5.02 Å². The first kappa shape index (κ1) is 25.1. The Balaban J connectivity index is 1.92. The molecule has 32 heavy (non-hydrogen) atoms. The fourth-order valence-corrected chi connectivity index (χ4v) is 8.14. The Labute approximate surface area is 199 Å². The zero-order chi connectivity index (χ0) is 23.5. The fraction of sp³-hybridized carbons (Fsp3) is 0.364. The standard InChI is InChI=1S/C22H26ClNO5S3/c1-4-13-24(15-18(5-2)29-32(27,28)19-9-7-6-8-10-19)31(25,26)22-16(3)20-14-17(23)11-12-21(20)30-22/h6-12,14,18H,4-5,13,15H2,1-3H3. The number of rotatable bonds is 10. The number of sulfonamides is 1. The summed E-state index contributed by atoms with van der Waals surface area (Å²) in [5.41, 5.74) is 0.638. The summed E-state index contributed by atoms with van der Waals surface area (Å²) in [7, 11) is -7.87. The second-order valence-corrected chi connectivity index (χ2v) is 12.6. The van der Waals surface area contributed by atoms with Gasteiger partial charge in [-0.15, -0.1) is 11.3 Å². The minimum atomic E-state index is -4.01. The quantitative estimate of drug-likeness (QED) is 0.335. The minimum absolute atomic E-state index is 0.0422. The average Bonchev–Trinajstić information content (AvgIpc) is 3.10. The summed E-state index contributed by atoms with van der Waals surface area (Å²) in [4.78, 5) is 0.0422. The van der Waals surface area contributed by atoms with Gasteiger partial charge in [0.1, 0.15) is 4.21 Å². The molecular weight excluding hydrogens is 490 g/mol. The van der Waals surface area contributed by atoms with Crippen LogP contribution in [0.15, 0.2) is 57.6 Å². The molecule has 0 fully saturated rings. The van der Waals surface area contributed by atoms with E-state index in [0.29, 0.717) is 23.4 Å². The lowest BCUT2D eigenvalue weighted by Crippen LogP contribution is -2.39. The van der Waals surface area contributed by atoms with Crippen LogP contribution in [-0.2, 0) is 24.3 Å². The van der Waals surface area contributed by atoms with Crippen LogP contribution in [0.4, 0.5) is 0 Å². The molecule has 3 aromatic rings. The Morgan fingerprint density at radius 3 is 2.38 bits per heavy atom. The SMILES string of the molecule is CCCN(CC(CC)OS(=O)(=O)c1ccccc1)S(=O)(=O)c1sc2ccc(Cl)cc2c1C. The molecule has 0 radical (unpaired) electrons. The monoisotopic (exact) mass is 515 g/mol. The molecule has 1 heterocycles. The number of fused-ring (bicyclic) bond motifs is 1. The van der Waals surface area contributed by atoms with Crippen LogP contribution < -0.4 is 0 Å². The zero-order valence-electron chi connectivity index (χ0n) is 18.1. The molecule has 0 spiro atoms. The number of hydrogen-bond acceptors (Lipinski definition) is 6. The van der Waals surface area contributed by atoms with E-state index in [1.165, 1.54) is 27.8 Å². The predicted molar refractivity (Wildman–Crippen MR) is 129 cm³/mol. The molecule has 0 saturated carbocycles. The molecule has 174 valence electrons. The minimum Gasteiger partial charge on any atom is -0.262 e.